The van der Waals surface area contributed by atoms with Gasteiger partial charge in [0, 0.05) is 17.1 Å². The standard InChI is InChI=1S/C17H12ClN5O2S/c18-11-2-4-12(5-3-11)19-16-22-23-15(20-21-17(23)26-16)8-10-1-6-13-14(7-10)25-9-24-13/h1-7H,8-9H2,(H,19,22). The van der Waals surface area contributed by atoms with Crippen molar-refractivity contribution >= 4 is 38.7 Å². The second-order valence-electron chi connectivity index (χ2n) is 5.71. The lowest BCUT2D eigenvalue weighted by Gasteiger charge is -2.02. The van der Waals surface area contributed by atoms with Gasteiger partial charge in [-0.05, 0) is 42.0 Å². The van der Waals surface area contributed by atoms with Crippen LogP contribution < -0.4 is 14.8 Å². The first-order chi connectivity index (χ1) is 12.7. The van der Waals surface area contributed by atoms with Gasteiger partial charge in [-0.15, -0.1) is 15.3 Å². The van der Waals surface area contributed by atoms with Gasteiger partial charge in [0.1, 0.15) is 0 Å². The Balaban J connectivity index is 1.40. The zero-order valence-electron chi connectivity index (χ0n) is 13.3. The van der Waals surface area contributed by atoms with Crippen molar-refractivity contribution in [3.63, 3.8) is 0 Å². The van der Waals surface area contributed by atoms with Crippen LogP contribution in [0.1, 0.15) is 11.4 Å². The molecule has 7 nitrogen and oxygen atoms in total. The zero-order valence-corrected chi connectivity index (χ0v) is 14.9. The maximum absolute atomic E-state index is 5.91. The van der Waals surface area contributed by atoms with E-state index in [-0.39, 0.29) is 6.79 Å². The summed E-state index contributed by atoms with van der Waals surface area (Å²) in [6, 6.07) is 13.3. The molecule has 4 aromatic rings. The molecule has 0 saturated carbocycles. The van der Waals surface area contributed by atoms with Gasteiger partial charge in [-0.2, -0.15) is 4.52 Å². The molecular weight excluding hydrogens is 374 g/mol. The van der Waals surface area contributed by atoms with Crippen LogP contribution in [0.4, 0.5) is 10.8 Å². The third-order valence-corrected chi connectivity index (χ3v) is 5.02. The Hall–Kier alpha value is -2.84. The molecular formula is C17H12ClN5O2S. The third-order valence-electron chi connectivity index (χ3n) is 3.95. The number of nitrogens with one attached hydrogen (secondary N) is 1. The molecule has 0 unspecified atom stereocenters. The van der Waals surface area contributed by atoms with Crippen molar-refractivity contribution < 1.29 is 9.47 Å². The molecule has 3 heterocycles. The highest BCUT2D eigenvalue weighted by Gasteiger charge is 2.16. The molecule has 2 aromatic carbocycles. The van der Waals surface area contributed by atoms with Gasteiger partial charge in [0.25, 0.3) is 0 Å². The fourth-order valence-electron chi connectivity index (χ4n) is 2.71. The van der Waals surface area contributed by atoms with Crippen LogP contribution in [-0.4, -0.2) is 26.6 Å². The van der Waals surface area contributed by atoms with Crippen molar-refractivity contribution in [1.29, 1.82) is 0 Å². The van der Waals surface area contributed by atoms with Crippen LogP contribution in [0.25, 0.3) is 4.96 Å². The Bertz CT molecular complexity index is 1090. The molecule has 1 N–H and O–H groups in total. The first kappa shape index (κ1) is 15.4. The van der Waals surface area contributed by atoms with Gasteiger partial charge in [0.2, 0.25) is 16.9 Å². The summed E-state index contributed by atoms with van der Waals surface area (Å²) in [4.78, 5) is 0.734. The molecule has 9 heteroatoms. The first-order valence-electron chi connectivity index (χ1n) is 7.87. The van der Waals surface area contributed by atoms with E-state index in [0.29, 0.717) is 11.4 Å². The predicted octanol–water partition coefficient (Wildman–Crippen LogP) is 3.90. The molecule has 130 valence electrons. The van der Waals surface area contributed by atoms with Gasteiger partial charge >= 0.3 is 0 Å². The molecule has 1 aliphatic heterocycles. The highest BCUT2D eigenvalue weighted by atomic mass is 35.5. The normalized spacial score (nSPS) is 12.7. The van der Waals surface area contributed by atoms with E-state index in [9.17, 15) is 0 Å². The van der Waals surface area contributed by atoms with Gasteiger partial charge in [-0.3, -0.25) is 0 Å². The number of fused-ring (bicyclic) bond motifs is 2. The van der Waals surface area contributed by atoms with Crippen molar-refractivity contribution in [3.05, 3.63) is 58.9 Å². The molecule has 0 fully saturated rings. The number of rotatable bonds is 4. The number of benzene rings is 2. The molecule has 5 rings (SSSR count). The van der Waals surface area contributed by atoms with Crippen molar-refractivity contribution in [1.82, 2.24) is 19.8 Å². The fraction of sp³-hybridized carbons (Fsp3) is 0.118. The van der Waals surface area contributed by atoms with E-state index in [1.807, 2.05) is 42.5 Å². The van der Waals surface area contributed by atoms with Crippen LogP contribution >= 0.6 is 22.9 Å². The summed E-state index contributed by atoms with van der Waals surface area (Å²) in [5.41, 5.74) is 1.97. The van der Waals surface area contributed by atoms with Crippen LogP contribution in [0.3, 0.4) is 0 Å². The van der Waals surface area contributed by atoms with Crippen LogP contribution in [0.2, 0.25) is 5.02 Å². The number of hydrogen-bond donors (Lipinski definition) is 1. The lowest BCUT2D eigenvalue weighted by molar-refractivity contribution is 0.174. The van der Waals surface area contributed by atoms with E-state index >= 15 is 0 Å². The minimum absolute atomic E-state index is 0.264. The second kappa shape index (κ2) is 6.15. The van der Waals surface area contributed by atoms with Crippen LogP contribution in [0.5, 0.6) is 11.5 Å². The molecule has 0 atom stereocenters. The van der Waals surface area contributed by atoms with Gasteiger partial charge in [-0.25, -0.2) is 0 Å². The lowest BCUT2D eigenvalue weighted by atomic mass is 10.1. The average molecular weight is 386 g/mol. The molecule has 0 aliphatic carbocycles. The second-order valence-corrected chi connectivity index (χ2v) is 7.11. The third kappa shape index (κ3) is 2.83. The Morgan fingerprint density at radius 1 is 1.08 bits per heavy atom. The zero-order chi connectivity index (χ0) is 17.5. The number of anilines is 2. The molecule has 0 amide bonds. The largest absolute Gasteiger partial charge is 0.454 e. The Morgan fingerprint density at radius 3 is 2.81 bits per heavy atom. The maximum atomic E-state index is 5.91. The maximum Gasteiger partial charge on any atom is 0.236 e. The monoisotopic (exact) mass is 385 g/mol. The van der Waals surface area contributed by atoms with Gasteiger partial charge in [0.05, 0.1) is 0 Å². The van der Waals surface area contributed by atoms with Crippen LogP contribution in [0, 0.1) is 0 Å². The SMILES string of the molecule is Clc1ccc(Nc2nn3c(Cc4ccc5c(c4)OCO5)nnc3s2)cc1. The van der Waals surface area contributed by atoms with E-state index in [4.69, 9.17) is 21.1 Å². The van der Waals surface area contributed by atoms with Gasteiger partial charge < -0.3 is 14.8 Å². The number of hydrogen-bond acceptors (Lipinski definition) is 7. The van der Waals surface area contributed by atoms with Crippen molar-refractivity contribution in [2.45, 2.75) is 6.42 Å². The number of ether oxygens (including phenoxy) is 2. The Kier molecular flexibility index (Phi) is 3.65. The smallest absolute Gasteiger partial charge is 0.236 e. The van der Waals surface area contributed by atoms with E-state index in [1.165, 1.54) is 11.3 Å². The van der Waals surface area contributed by atoms with E-state index in [1.54, 1.807) is 4.52 Å². The Morgan fingerprint density at radius 2 is 1.92 bits per heavy atom. The summed E-state index contributed by atoms with van der Waals surface area (Å²) in [7, 11) is 0. The molecule has 2 aromatic heterocycles. The molecule has 0 spiro atoms. The number of aromatic nitrogens is 4. The molecule has 0 saturated heterocycles. The van der Waals surface area contributed by atoms with Gasteiger partial charge in [-0.1, -0.05) is 29.0 Å². The fourth-order valence-corrected chi connectivity index (χ4v) is 3.61. The molecule has 0 bridgehead atoms. The van der Waals surface area contributed by atoms with Crippen molar-refractivity contribution in [2.75, 3.05) is 12.1 Å². The summed E-state index contributed by atoms with van der Waals surface area (Å²) in [6.07, 6.45) is 0.599. The predicted molar refractivity (Wildman–Crippen MR) is 98.8 cm³/mol. The number of nitrogens with zero attached hydrogens (tertiary/aromatic N) is 4. The average Bonchev–Trinajstić information content (AvgIpc) is 3.34. The first-order valence-corrected chi connectivity index (χ1v) is 9.06. The highest BCUT2D eigenvalue weighted by Crippen LogP contribution is 2.33. The summed E-state index contributed by atoms with van der Waals surface area (Å²) in [6.45, 7) is 0.264. The van der Waals surface area contributed by atoms with Crippen LogP contribution in [-0.2, 0) is 6.42 Å². The van der Waals surface area contributed by atoms with Crippen molar-refractivity contribution in [2.24, 2.45) is 0 Å². The summed E-state index contributed by atoms with van der Waals surface area (Å²) < 4.78 is 12.5. The van der Waals surface area contributed by atoms with E-state index in [2.05, 4.69) is 20.6 Å². The molecule has 1 aliphatic rings. The van der Waals surface area contributed by atoms with Crippen molar-refractivity contribution in [3.8, 4) is 11.5 Å². The summed E-state index contributed by atoms with van der Waals surface area (Å²) in [5, 5.41) is 17.7. The van der Waals surface area contributed by atoms with E-state index < -0.39 is 0 Å². The molecule has 26 heavy (non-hydrogen) atoms. The topological polar surface area (TPSA) is 73.6 Å². The Labute approximate surface area is 157 Å². The lowest BCUT2D eigenvalue weighted by Crippen LogP contribution is -1.99. The van der Waals surface area contributed by atoms with E-state index in [0.717, 1.165) is 38.7 Å². The summed E-state index contributed by atoms with van der Waals surface area (Å²) in [5.74, 6) is 2.29. The minimum Gasteiger partial charge on any atom is -0.454 e. The summed E-state index contributed by atoms with van der Waals surface area (Å²) >= 11 is 7.35. The molecule has 0 radical (unpaired) electrons. The van der Waals surface area contributed by atoms with Crippen LogP contribution in [0.15, 0.2) is 42.5 Å². The quantitative estimate of drug-likeness (QED) is 0.574. The van der Waals surface area contributed by atoms with Gasteiger partial charge in [0.15, 0.2) is 17.3 Å². The number of halogens is 1. The highest BCUT2D eigenvalue weighted by molar-refractivity contribution is 7.20. The minimum atomic E-state index is 0.264.